The van der Waals surface area contributed by atoms with E-state index in [1.54, 1.807) is 0 Å². The highest BCUT2D eigenvalue weighted by Gasteiger charge is 2.16. The van der Waals surface area contributed by atoms with Gasteiger partial charge in [-0.05, 0) is 18.3 Å². The molecule has 0 fully saturated rings. The van der Waals surface area contributed by atoms with Gasteiger partial charge in [0.05, 0.1) is 0 Å². The smallest absolute Gasteiger partial charge is 0.00902 e. The third kappa shape index (κ3) is 3.76. The van der Waals surface area contributed by atoms with Crippen LogP contribution in [0.1, 0.15) is 47.0 Å². The third-order valence-electron chi connectivity index (χ3n) is 2.70. The van der Waals surface area contributed by atoms with Crippen molar-refractivity contribution in [1.29, 1.82) is 0 Å². The average molecular weight is 157 g/mol. The fourth-order valence-electron chi connectivity index (χ4n) is 1.48. The van der Waals surface area contributed by atoms with E-state index in [0.29, 0.717) is 17.9 Å². The minimum Gasteiger partial charge on any atom is -0.327 e. The molecule has 0 aromatic rings. The van der Waals surface area contributed by atoms with Crippen LogP contribution in [0.4, 0.5) is 0 Å². The van der Waals surface area contributed by atoms with Crippen molar-refractivity contribution in [2.45, 2.75) is 53.0 Å². The summed E-state index contributed by atoms with van der Waals surface area (Å²) < 4.78 is 0. The van der Waals surface area contributed by atoms with Gasteiger partial charge >= 0.3 is 0 Å². The second-order valence-corrected chi connectivity index (χ2v) is 3.73. The number of nitrogens with two attached hydrogens (primary N) is 1. The zero-order chi connectivity index (χ0) is 8.85. The summed E-state index contributed by atoms with van der Waals surface area (Å²) in [5, 5.41) is 0. The summed E-state index contributed by atoms with van der Waals surface area (Å²) in [7, 11) is 0. The molecule has 0 aromatic carbocycles. The van der Waals surface area contributed by atoms with Crippen LogP contribution in [-0.4, -0.2) is 6.04 Å². The van der Waals surface area contributed by atoms with E-state index in [-0.39, 0.29) is 0 Å². The van der Waals surface area contributed by atoms with Gasteiger partial charge in [0.2, 0.25) is 0 Å². The van der Waals surface area contributed by atoms with Crippen molar-refractivity contribution in [3.05, 3.63) is 0 Å². The van der Waals surface area contributed by atoms with Gasteiger partial charge in [0, 0.05) is 6.04 Å². The molecular weight excluding hydrogens is 134 g/mol. The van der Waals surface area contributed by atoms with Gasteiger partial charge < -0.3 is 5.73 Å². The van der Waals surface area contributed by atoms with Crippen LogP contribution in [0.5, 0.6) is 0 Å². The Morgan fingerprint density at radius 2 is 1.64 bits per heavy atom. The van der Waals surface area contributed by atoms with Crippen LogP contribution in [0.3, 0.4) is 0 Å². The van der Waals surface area contributed by atoms with Gasteiger partial charge in [0.25, 0.3) is 0 Å². The molecule has 0 amide bonds. The first kappa shape index (κ1) is 11.0. The van der Waals surface area contributed by atoms with Crippen molar-refractivity contribution in [2.24, 2.45) is 17.6 Å². The molecule has 0 aliphatic heterocycles. The normalized spacial score (nSPS) is 19.4. The Balaban J connectivity index is 3.70. The van der Waals surface area contributed by atoms with E-state index in [1.807, 2.05) is 0 Å². The maximum atomic E-state index is 6.06. The summed E-state index contributed by atoms with van der Waals surface area (Å²) in [5.41, 5.74) is 6.06. The maximum Gasteiger partial charge on any atom is 0.00902 e. The summed E-state index contributed by atoms with van der Waals surface area (Å²) >= 11 is 0. The zero-order valence-electron chi connectivity index (χ0n) is 8.43. The first-order valence-corrected chi connectivity index (χ1v) is 4.89. The van der Waals surface area contributed by atoms with Crippen molar-refractivity contribution >= 4 is 0 Å². The molecule has 2 N–H and O–H groups in total. The van der Waals surface area contributed by atoms with Crippen LogP contribution in [0.15, 0.2) is 0 Å². The molecule has 0 radical (unpaired) electrons. The quantitative estimate of drug-likeness (QED) is 0.652. The molecule has 0 rings (SSSR count). The van der Waals surface area contributed by atoms with Crippen LogP contribution in [-0.2, 0) is 0 Å². The lowest BCUT2D eigenvalue weighted by molar-refractivity contribution is 0.320. The van der Waals surface area contributed by atoms with E-state index < -0.39 is 0 Å². The molecule has 0 saturated carbocycles. The Morgan fingerprint density at radius 3 is 2.00 bits per heavy atom. The van der Waals surface area contributed by atoms with E-state index in [2.05, 4.69) is 27.7 Å². The first-order chi connectivity index (χ1) is 5.13. The van der Waals surface area contributed by atoms with Crippen LogP contribution in [0.2, 0.25) is 0 Å². The molecule has 1 nitrogen and oxygen atoms in total. The average Bonchev–Trinajstić information content (AvgIpc) is 2.02. The number of rotatable bonds is 5. The molecule has 3 unspecified atom stereocenters. The van der Waals surface area contributed by atoms with Crippen molar-refractivity contribution in [1.82, 2.24) is 0 Å². The second kappa shape index (κ2) is 5.59. The summed E-state index contributed by atoms with van der Waals surface area (Å²) in [6.07, 6.45) is 3.73. The van der Waals surface area contributed by atoms with Crippen molar-refractivity contribution in [3.63, 3.8) is 0 Å². The van der Waals surface area contributed by atoms with E-state index in [9.17, 15) is 0 Å². The molecule has 0 aliphatic rings. The van der Waals surface area contributed by atoms with Crippen LogP contribution in [0.25, 0.3) is 0 Å². The fraction of sp³-hybridized carbons (Fsp3) is 1.00. The highest BCUT2D eigenvalue weighted by molar-refractivity contribution is 4.73. The first-order valence-electron chi connectivity index (χ1n) is 4.89. The largest absolute Gasteiger partial charge is 0.327 e. The lowest BCUT2D eigenvalue weighted by Crippen LogP contribution is -2.34. The topological polar surface area (TPSA) is 26.0 Å². The summed E-state index contributed by atoms with van der Waals surface area (Å²) in [6, 6.07) is 0.403. The predicted molar refractivity (Wildman–Crippen MR) is 51.5 cm³/mol. The van der Waals surface area contributed by atoms with E-state index in [1.165, 1.54) is 19.3 Å². The Morgan fingerprint density at radius 1 is 1.09 bits per heavy atom. The van der Waals surface area contributed by atoms with Crippen LogP contribution in [0, 0.1) is 11.8 Å². The minimum absolute atomic E-state index is 0.403. The highest BCUT2D eigenvalue weighted by atomic mass is 14.7. The van der Waals surface area contributed by atoms with Gasteiger partial charge in [-0.3, -0.25) is 0 Å². The highest BCUT2D eigenvalue weighted by Crippen LogP contribution is 2.17. The molecule has 3 atom stereocenters. The Bertz CT molecular complexity index is 90.9. The van der Waals surface area contributed by atoms with Crippen LogP contribution >= 0.6 is 0 Å². The molecule has 0 aromatic heterocycles. The van der Waals surface area contributed by atoms with Gasteiger partial charge in [0.15, 0.2) is 0 Å². The second-order valence-electron chi connectivity index (χ2n) is 3.73. The van der Waals surface area contributed by atoms with Crippen molar-refractivity contribution < 1.29 is 0 Å². The molecule has 0 spiro atoms. The Labute approximate surface area is 71.4 Å². The lowest BCUT2D eigenvalue weighted by atomic mass is 9.87. The van der Waals surface area contributed by atoms with E-state index in [0.717, 1.165) is 0 Å². The van der Waals surface area contributed by atoms with Gasteiger partial charge in [-0.1, -0.05) is 40.5 Å². The number of hydrogen-bond acceptors (Lipinski definition) is 1. The standard InChI is InChI=1S/C10H23N/c1-5-7-9(4)10(11)8(3)6-2/h8-10H,5-7,11H2,1-4H3. The third-order valence-corrected chi connectivity index (χ3v) is 2.70. The molecule has 0 bridgehead atoms. The monoisotopic (exact) mass is 157 g/mol. The molecule has 1 heteroatoms. The lowest BCUT2D eigenvalue weighted by Gasteiger charge is -2.24. The molecule has 0 saturated heterocycles. The molecule has 0 heterocycles. The van der Waals surface area contributed by atoms with Crippen molar-refractivity contribution in [2.75, 3.05) is 0 Å². The molecule has 68 valence electrons. The summed E-state index contributed by atoms with van der Waals surface area (Å²) in [5.74, 6) is 1.37. The summed E-state index contributed by atoms with van der Waals surface area (Å²) in [6.45, 7) is 8.94. The Kier molecular flexibility index (Phi) is 5.57. The summed E-state index contributed by atoms with van der Waals surface area (Å²) in [4.78, 5) is 0. The van der Waals surface area contributed by atoms with Gasteiger partial charge in [-0.2, -0.15) is 0 Å². The number of hydrogen-bond donors (Lipinski definition) is 1. The van der Waals surface area contributed by atoms with Gasteiger partial charge in [-0.15, -0.1) is 0 Å². The van der Waals surface area contributed by atoms with Gasteiger partial charge in [0.1, 0.15) is 0 Å². The maximum absolute atomic E-state index is 6.06. The zero-order valence-corrected chi connectivity index (χ0v) is 8.43. The van der Waals surface area contributed by atoms with Crippen LogP contribution < -0.4 is 5.73 Å². The van der Waals surface area contributed by atoms with E-state index in [4.69, 9.17) is 5.73 Å². The van der Waals surface area contributed by atoms with E-state index >= 15 is 0 Å². The predicted octanol–water partition coefficient (Wildman–Crippen LogP) is 2.80. The van der Waals surface area contributed by atoms with Gasteiger partial charge in [-0.25, -0.2) is 0 Å². The molecule has 0 aliphatic carbocycles. The molecular formula is C10H23N. The Hall–Kier alpha value is -0.0400. The fourth-order valence-corrected chi connectivity index (χ4v) is 1.48. The SMILES string of the molecule is CCCC(C)C(N)C(C)CC. The minimum atomic E-state index is 0.403. The van der Waals surface area contributed by atoms with Crippen molar-refractivity contribution in [3.8, 4) is 0 Å². The molecule has 11 heavy (non-hydrogen) atoms.